The second-order valence-corrected chi connectivity index (χ2v) is 10.1. The van der Waals surface area contributed by atoms with Gasteiger partial charge in [0.15, 0.2) is 0 Å². The fourth-order valence-electron chi connectivity index (χ4n) is 5.65. The van der Waals surface area contributed by atoms with Crippen LogP contribution in [0.25, 0.3) is 0 Å². The molecule has 40 heavy (non-hydrogen) atoms. The summed E-state index contributed by atoms with van der Waals surface area (Å²) >= 11 is 0. The molecule has 2 aromatic rings. The summed E-state index contributed by atoms with van der Waals surface area (Å²) < 4.78 is 41.3. The molecular formula is C26H26F3N5O6. The molecule has 0 saturated carbocycles. The van der Waals surface area contributed by atoms with Gasteiger partial charge in [0.2, 0.25) is 11.4 Å². The molecule has 14 heteroatoms. The number of hydrogen-bond acceptors (Lipinski definition) is 8. The van der Waals surface area contributed by atoms with Crippen LogP contribution in [0.2, 0.25) is 0 Å². The molecule has 0 aliphatic carbocycles. The highest BCUT2D eigenvalue weighted by molar-refractivity contribution is 6.22. The van der Waals surface area contributed by atoms with Crippen molar-refractivity contribution in [2.45, 2.75) is 24.7 Å². The molecule has 2 aromatic carbocycles. The number of benzene rings is 2. The molecular weight excluding hydrogens is 535 g/mol. The number of halogens is 3. The number of likely N-dealkylation sites (tertiary alicyclic amines) is 2. The molecule has 0 bridgehead atoms. The predicted octanol–water partition coefficient (Wildman–Crippen LogP) is 1.81. The van der Waals surface area contributed by atoms with Crippen LogP contribution in [0.1, 0.15) is 18.4 Å². The summed E-state index contributed by atoms with van der Waals surface area (Å²) in [4.78, 5) is 53.9. The molecule has 212 valence electrons. The van der Waals surface area contributed by atoms with Gasteiger partial charge in [0.05, 0.1) is 0 Å². The maximum absolute atomic E-state index is 13.4. The van der Waals surface area contributed by atoms with Crippen LogP contribution in [-0.4, -0.2) is 77.8 Å². The Kier molecular flexibility index (Phi) is 6.92. The Bertz CT molecular complexity index is 1310. The van der Waals surface area contributed by atoms with Crippen molar-refractivity contribution in [3.05, 3.63) is 54.1 Å². The number of imide groups is 2. The molecule has 3 heterocycles. The Hall–Kier alpha value is -4.17. The number of anilines is 2. The molecule has 0 atom stereocenters. The maximum Gasteiger partial charge on any atom is 0.573 e. The SMILES string of the molecule is O=C1NC(=O)C(c2cccc(Nc3ccc(OC(F)(F)F)cc3)c2)(N2CCC3(CC2)CN(C(=O)CO)C3)C(=O)N1. The lowest BCUT2D eigenvalue weighted by Gasteiger charge is -2.56. The largest absolute Gasteiger partial charge is 0.573 e. The van der Waals surface area contributed by atoms with E-state index in [2.05, 4.69) is 20.7 Å². The van der Waals surface area contributed by atoms with Crippen LogP contribution in [0.5, 0.6) is 5.75 Å². The molecule has 5 rings (SSSR count). The number of amides is 5. The summed E-state index contributed by atoms with van der Waals surface area (Å²) in [7, 11) is 0. The minimum Gasteiger partial charge on any atom is -0.406 e. The molecule has 4 N–H and O–H groups in total. The highest BCUT2D eigenvalue weighted by Crippen LogP contribution is 2.44. The fraction of sp³-hybridized carbons (Fsp3) is 0.385. The van der Waals surface area contributed by atoms with E-state index >= 15 is 0 Å². The topological polar surface area (TPSA) is 140 Å². The predicted molar refractivity (Wildman–Crippen MR) is 133 cm³/mol. The summed E-state index contributed by atoms with van der Waals surface area (Å²) in [6, 6.07) is 10.6. The van der Waals surface area contributed by atoms with E-state index in [1.807, 2.05) is 0 Å². The Balaban J connectivity index is 1.39. The van der Waals surface area contributed by atoms with Gasteiger partial charge in [-0.25, -0.2) is 4.79 Å². The number of nitrogens with zero attached hydrogens (tertiary/aromatic N) is 2. The van der Waals surface area contributed by atoms with Crippen molar-refractivity contribution in [2.75, 3.05) is 38.1 Å². The average Bonchev–Trinajstić information content (AvgIpc) is 2.88. The van der Waals surface area contributed by atoms with E-state index in [1.54, 1.807) is 34.1 Å². The zero-order valence-corrected chi connectivity index (χ0v) is 21.1. The third-order valence-electron chi connectivity index (χ3n) is 7.61. The van der Waals surface area contributed by atoms with Gasteiger partial charge in [-0.15, -0.1) is 13.2 Å². The van der Waals surface area contributed by atoms with Crippen molar-refractivity contribution in [1.82, 2.24) is 20.4 Å². The average molecular weight is 562 g/mol. The molecule has 3 saturated heterocycles. The van der Waals surface area contributed by atoms with E-state index in [0.29, 0.717) is 56.0 Å². The number of carbonyl (C=O) groups is 4. The third kappa shape index (κ3) is 5.07. The first-order chi connectivity index (χ1) is 18.9. The van der Waals surface area contributed by atoms with Crippen LogP contribution >= 0.6 is 0 Å². The van der Waals surface area contributed by atoms with Crippen LogP contribution in [0, 0.1) is 5.41 Å². The number of piperidine rings is 1. The van der Waals surface area contributed by atoms with E-state index in [9.17, 15) is 32.3 Å². The molecule has 3 aliphatic rings. The van der Waals surface area contributed by atoms with E-state index < -0.39 is 36.4 Å². The van der Waals surface area contributed by atoms with Crippen molar-refractivity contribution < 1.29 is 42.2 Å². The summed E-state index contributed by atoms with van der Waals surface area (Å²) in [5, 5.41) is 16.6. The molecule has 0 radical (unpaired) electrons. The molecule has 11 nitrogen and oxygen atoms in total. The Morgan fingerprint density at radius 1 is 0.975 bits per heavy atom. The normalized spacial score (nSPS) is 20.4. The lowest BCUT2D eigenvalue weighted by molar-refractivity contribution is -0.274. The lowest BCUT2D eigenvalue weighted by atomic mass is 9.70. The van der Waals surface area contributed by atoms with Crippen LogP contribution in [0.3, 0.4) is 0 Å². The maximum atomic E-state index is 13.4. The van der Waals surface area contributed by atoms with Gasteiger partial charge in [-0.05, 0) is 54.8 Å². The fourth-order valence-corrected chi connectivity index (χ4v) is 5.65. The summed E-state index contributed by atoms with van der Waals surface area (Å²) in [5.74, 6) is -2.33. The highest BCUT2D eigenvalue weighted by atomic mass is 19.4. The number of alkyl halides is 3. The quantitative estimate of drug-likeness (QED) is 0.392. The second-order valence-electron chi connectivity index (χ2n) is 10.1. The third-order valence-corrected chi connectivity index (χ3v) is 7.61. The zero-order valence-electron chi connectivity index (χ0n) is 21.1. The van der Waals surface area contributed by atoms with Crippen molar-refractivity contribution in [1.29, 1.82) is 0 Å². The Morgan fingerprint density at radius 3 is 2.17 bits per heavy atom. The number of barbiturate groups is 1. The number of aliphatic hydroxyl groups is 1. The minimum absolute atomic E-state index is 0.175. The van der Waals surface area contributed by atoms with Gasteiger partial charge in [0.25, 0.3) is 11.8 Å². The first-order valence-corrected chi connectivity index (χ1v) is 12.5. The molecule has 3 aliphatic heterocycles. The van der Waals surface area contributed by atoms with Gasteiger partial charge in [-0.1, -0.05) is 12.1 Å². The molecule has 0 unspecified atom stereocenters. The molecule has 1 spiro atoms. The number of rotatable bonds is 6. The first-order valence-electron chi connectivity index (χ1n) is 12.5. The van der Waals surface area contributed by atoms with Gasteiger partial charge in [-0.2, -0.15) is 0 Å². The zero-order chi connectivity index (χ0) is 28.7. The Labute approximate surface area is 226 Å². The first kappa shape index (κ1) is 27.4. The second kappa shape index (κ2) is 10.1. The number of ether oxygens (including phenoxy) is 1. The van der Waals surface area contributed by atoms with Crippen molar-refractivity contribution in [2.24, 2.45) is 5.41 Å². The smallest absolute Gasteiger partial charge is 0.406 e. The lowest BCUT2D eigenvalue weighted by Crippen LogP contribution is -2.73. The van der Waals surface area contributed by atoms with Crippen molar-refractivity contribution >= 4 is 35.1 Å². The van der Waals surface area contributed by atoms with Crippen molar-refractivity contribution in [3.8, 4) is 5.75 Å². The highest BCUT2D eigenvalue weighted by Gasteiger charge is 2.58. The van der Waals surface area contributed by atoms with Gasteiger partial charge in [0.1, 0.15) is 12.4 Å². The Morgan fingerprint density at radius 2 is 1.60 bits per heavy atom. The summed E-state index contributed by atoms with van der Waals surface area (Å²) in [6.45, 7) is 1.06. The van der Waals surface area contributed by atoms with E-state index in [-0.39, 0.29) is 17.1 Å². The number of urea groups is 1. The van der Waals surface area contributed by atoms with Gasteiger partial charge < -0.3 is 20.1 Å². The van der Waals surface area contributed by atoms with Gasteiger partial charge in [-0.3, -0.25) is 29.9 Å². The summed E-state index contributed by atoms with van der Waals surface area (Å²) in [5.41, 5.74) is -0.865. The van der Waals surface area contributed by atoms with E-state index in [1.165, 1.54) is 12.1 Å². The van der Waals surface area contributed by atoms with Crippen LogP contribution in [0.4, 0.5) is 29.3 Å². The number of nitrogens with one attached hydrogen (secondary N) is 3. The standard InChI is InChI=1S/C26H26F3N5O6/c27-26(28,29)40-19-6-4-17(5-7-19)30-18-3-1-2-16(12-18)25(21(37)31-23(39)32-22(25)38)34-10-8-24(9-11-34)14-33(15-24)20(36)13-35/h1-7,12,30,35H,8-11,13-15H2,(H2,31,32,37,38,39). The van der Waals surface area contributed by atoms with Crippen LogP contribution in [0.15, 0.2) is 48.5 Å². The number of aliphatic hydroxyl groups excluding tert-OH is 1. The van der Waals surface area contributed by atoms with Gasteiger partial charge in [0, 0.05) is 43.0 Å². The number of hydrogen-bond donors (Lipinski definition) is 4. The van der Waals surface area contributed by atoms with E-state index in [4.69, 9.17) is 5.11 Å². The van der Waals surface area contributed by atoms with Crippen LogP contribution in [-0.2, 0) is 19.9 Å². The van der Waals surface area contributed by atoms with Crippen LogP contribution < -0.4 is 20.7 Å². The summed E-state index contributed by atoms with van der Waals surface area (Å²) in [6.07, 6.45) is -3.64. The minimum atomic E-state index is -4.82. The van der Waals surface area contributed by atoms with Crippen molar-refractivity contribution in [3.63, 3.8) is 0 Å². The molecule has 3 fully saturated rings. The number of carbonyl (C=O) groups excluding carboxylic acids is 4. The molecule has 5 amide bonds. The monoisotopic (exact) mass is 561 g/mol. The molecule has 0 aromatic heterocycles. The van der Waals surface area contributed by atoms with E-state index in [0.717, 1.165) is 12.1 Å². The van der Waals surface area contributed by atoms with Gasteiger partial charge >= 0.3 is 12.4 Å².